The number of rotatable bonds is 3. The van der Waals surface area contributed by atoms with Crippen LogP contribution in [0.2, 0.25) is 5.02 Å². The molecule has 1 aliphatic carbocycles. The third-order valence-electron chi connectivity index (χ3n) is 4.01. The first-order chi connectivity index (χ1) is 10.6. The Morgan fingerprint density at radius 2 is 1.82 bits per heavy atom. The highest BCUT2D eigenvalue weighted by Gasteiger charge is 2.47. The maximum Gasteiger partial charge on any atom is 0.244 e. The van der Waals surface area contributed by atoms with Crippen LogP contribution in [0.4, 0.5) is 5.69 Å². The highest BCUT2D eigenvalue weighted by molar-refractivity contribution is 6.30. The Kier molecular flexibility index (Phi) is 3.98. The fourth-order valence-electron chi connectivity index (χ4n) is 2.94. The molecule has 22 heavy (non-hydrogen) atoms. The minimum Gasteiger partial charge on any atom is -0.324 e. The summed E-state index contributed by atoms with van der Waals surface area (Å²) in [5.41, 5.74) is 0.538. The van der Waals surface area contributed by atoms with Gasteiger partial charge in [0.2, 0.25) is 17.7 Å². The van der Waals surface area contributed by atoms with E-state index in [1.165, 1.54) is 0 Å². The van der Waals surface area contributed by atoms with E-state index in [9.17, 15) is 14.4 Å². The molecule has 0 aromatic heterocycles. The Bertz CT molecular complexity index is 645. The van der Waals surface area contributed by atoms with Crippen LogP contribution in [0.15, 0.2) is 36.4 Å². The van der Waals surface area contributed by atoms with Gasteiger partial charge in [-0.25, -0.2) is 0 Å². The summed E-state index contributed by atoms with van der Waals surface area (Å²) in [5.74, 6) is -1.52. The minimum atomic E-state index is -0.407. The van der Waals surface area contributed by atoms with Crippen LogP contribution in [0.25, 0.3) is 0 Å². The average molecular weight is 319 g/mol. The molecule has 1 aromatic carbocycles. The fourth-order valence-corrected chi connectivity index (χ4v) is 3.13. The second-order valence-corrected chi connectivity index (χ2v) is 5.91. The molecule has 0 saturated carbocycles. The first-order valence-electron chi connectivity index (χ1n) is 7.12. The van der Waals surface area contributed by atoms with Crippen molar-refractivity contribution in [2.45, 2.75) is 12.8 Å². The first-order valence-corrected chi connectivity index (χ1v) is 7.49. The van der Waals surface area contributed by atoms with E-state index in [0.29, 0.717) is 23.6 Å². The van der Waals surface area contributed by atoms with Gasteiger partial charge in [-0.2, -0.15) is 0 Å². The molecule has 1 aliphatic heterocycles. The molecule has 1 N–H and O–H groups in total. The van der Waals surface area contributed by atoms with Crippen LogP contribution in [0.3, 0.4) is 0 Å². The normalized spacial score (nSPS) is 23.6. The summed E-state index contributed by atoms with van der Waals surface area (Å²) in [6, 6.07) is 6.71. The van der Waals surface area contributed by atoms with Crippen molar-refractivity contribution in [2.75, 3.05) is 11.9 Å². The lowest BCUT2D eigenvalue weighted by Crippen LogP contribution is -2.38. The van der Waals surface area contributed by atoms with Gasteiger partial charge >= 0.3 is 0 Å². The van der Waals surface area contributed by atoms with E-state index >= 15 is 0 Å². The van der Waals surface area contributed by atoms with E-state index in [2.05, 4.69) is 5.32 Å². The number of anilines is 1. The molecule has 2 atom stereocenters. The summed E-state index contributed by atoms with van der Waals surface area (Å²) in [6.07, 6.45) is 4.98. The Morgan fingerprint density at radius 3 is 2.41 bits per heavy atom. The smallest absolute Gasteiger partial charge is 0.244 e. The fraction of sp³-hybridized carbons (Fsp3) is 0.312. The van der Waals surface area contributed by atoms with Crippen LogP contribution in [-0.2, 0) is 14.4 Å². The Labute approximate surface area is 132 Å². The molecule has 3 rings (SSSR count). The molecule has 1 aromatic rings. The number of allylic oxidation sites excluding steroid dienone is 2. The van der Waals surface area contributed by atoms with Gasteiger partial charge in [-0.15, -0.1) is 0 Å². The number of benzene rings is 1. The minimum absolute atomic E-state index is 0.249. The topological polar surface area (TPSA) is 66.5 Å². The molecule has 5 nitrogen and oxygen atoms in total. The van der Waals surface area contributed by atoms with Gasteiger partial charge in [-0.1, -0.05) is 29.8 Å². The van der Waals surface area contributed by atoms with Crippen molar-refractivity contribution in [2.24, 2.45) is 11.8 Å². The monoisotopic (exact) mass is 318 g/mol. The van der Waals surface area contributed by atoms with Crippen molar-refractivity contribution in [1.82, 2.24) is 4.90 Å². The largest absolute Gasteiger partial charge is 0.324 e. The van der Waals surface area contributed by atoms with Crippen molar-refractivity contribution in [3.05, 3.63) is 41.4 Å². The predicted octanol–water partition coefficient (Wildman–Crippen LogP) is 2.23. The SMILES string of the molecule is O=C(CN1C(=O)C2CC=CCC2C1=O)Nc1cccc(Cl)c1. The first kappa shape index (κ1) is 14.8. The van der Waals surface area contributed by atoms with Crippen LogP contribution in [-0.4, -0.2) is 29.2 Å². The number of halogens is 1. The van der Waals surface area contributed by atoms with E-state index in [-0.39, 0.29) is 30.2 Å². The number of imide groups is 1. The highest BCUT2D eigenvalue weighted by atomic mass is 35.5. The highest BCUT2D eigenvalue weighted by Crippen LogP contribution is 2.34. The van der Waals surface area contributed by atoms with Crippen LogP contribution in [0.1, 0.15) is 12.8 Å². The molecule has 3 amide bonds. The summed E-state index contributed by atoms with van der Waals surface area (Å²) in [6.45, 7) is -0.253. The zero-order chi connectivity index (χ0) is 15.7. The number of likely N-dealkylation sites (tertiary alicyclic amines) is 1. The Hall–Kier alpha value is -2.14. The van der Waals surface area contributed by atoms with Crippen molar-refractivity contribution < 1.29 is 14.4 Å². The number of amides is 3. The maximum atomic E-state index is 12.3. The Balaban J connectivity index is 1.67. The molecule has 1 fully saturated rings. The second kappa shape index (κ2) is 5.93. The summed E-state index contributed by atoms with van der Waals surface area (Å²) in [7, 11) is 0. The van der Waals surface area contributed by atoms with Crippen molar-refractivity contribution in [3.63, 3.8) is 0 Å². The second-order valence-electron chi connectivity index (χ2n) is 5.48. The molecule has 0 spiro atoms. The van der Waals surface area contributed by atoms with Crippen LogP contribution >= 0.6 is 11.6 Å². The van der Waals surface area contributed by atoms with Gasteiger partial charge in [-0.3, -0.25) is 19.3 Å². The summed E-state index contributed by atoms with van der Waals surface area (Å²) < 4.78 is 0. The molecular weight excluding hydrogens is 304 g/mol. The van der Waals surface area contributed by atoms with E-state index in [1.54, 1.807) is 24.3 Å². The summed E-state index contributed by atoms with van der Waals surface area (Å²) in [4.78, 5) is 37.7. The third-order valence-corrected chi connectivity index (χ3v) is 4.24. The number of hydrogen-bond donors (Lipinski definition) is 1. The van der Waals surface area contributed by atoms with Crippen LogP contribution < -0.4 is 5.32 Å². The van der Waals surface area contributed by atoms with Crippen molar-refractivity contribution in [3.8, 4) is 0 Å². The van der Waals surface area contributed by atoms with Gasteiger partial charge in [0.15, 0.2) is 0 Å². The van der Waals surface area contributed by atoms with E-state index in [1.807, 2.05) is 12.2 Å². The van der Waals surface area contributed by atoms with Gasteiger partial charge in [0, 0.05) is 10.7 Å². The maximum absolute atomic E-state index is 12.3. The van der Waals surface area contributed by atoms with E-state index in [0.717, 1.165) is 4.90 Å². The Morgan fingerprint density at radius 1 is 1.18 bits per heavy atom. The number of hydrogen-bond acceptors (Lipinski definition) is 3. The van der Waals surface area contributed by atoms with Gasteiger partial charge in [-0.05, 0) is 31.0 Å². The summed E-state index contributed by atoms with van der Waals surface area (Å²) >= 11 is 5.85. The third kappa shape index (κ3) is 2.76. The summed E-state index contributed by atoms with van der Waals surface area (Å²) in [5, 5.41) is 3.15. The zero-order valence-corrected chi connectivity index (χ0v) is 12.5. The van der Waals surface area contributed by atoms with E-state index in [4.69, 9.17) is 11.6 Å². The van der Waals surface area contributed by atoms with E-state index < -0.39 is 5.91 Å². The lowest BCUT2D eigenvalue weighted by molar-refractivity contribution is -0.142. The zero-order valence-electron chi connectivity index (χ0n) is 11.8. The lowest BCUT2D eigenvalue weighted by Gasteiger charge is -2.14. The number of fused-ring (bicyclic) bond motifs is 1. The molecule has 6 heteroatoms. The molecule has 2 aliphatic rings. The molecular formula is C16H15ClN2O3. The average Bonchev–Trinajstić information content (AvgIpc) is 2.73. The molecule has 0 radical (unpaired) electrons. The molecule has 1 heterocycles. The van der Waals surface area contributed by atoms with Gasteiger partial charge in [0.05, 0.1) is 11.8 Å². The standard InChI is InChI=1S/C16H15ClN2O3/c17-10-4-3-5-11(8-10)18-14(20)9-19-15(21)12-6-1-2-7-13(12)16(19)22/h1-5,8,12-13H,6-7,9H2,(H,18,20). The lowest BCUT2D eigenvalue weighted by atomic mass is 9.85. The van der Waals surface area contributed by atoms with Crippen LogP contribution in [0, 0.1) is 11.8 Å². The number of nitrogens with zero attached hydrogens (tertiary/aromatic N) is 1. The number of carbonyl (C=O) groups excluding carboxylic acids is 3. The van der Waals surface area contributed by atoms with Gasteiger partial charge in [0.1, 0.15) is 6.54 Å². The quantitative estimate of drug-likeness (QED) is 0.686. The number of carbonyl (C=O) groups is 3. The van der Waals surface area contributed by atoms with Gasteiger partial charge in [0.25, 0.3) is 0 Å². The van der Waals surface area contributed by atoms with Crippen molar-refractivity contribution >= 4 is 35.0 Å². The molecule has 114 valence electrons. The van der Waals surface area contributed by atoms with Gasteiger partial charge < -0.3 is 5.32 Å². The molecule has 1 saturated heterocycles. The molecule has 2 unspecified atom stereocenters. The van der Waals surface area contributed by atoms with Crippen LogP contribution in [0.5, 0.6) is 0 Å². The molecule has 0 bridgehead atoms. The number of nitrogens with one attached hydrogen (secondary N) is 1. The predicted molar refractivity (Wildman–Crippen MR) is 82.2 cm³/mol. The van der Waals surface area contributed by atoms with Crippen molar-refractivity contribution in [1.29, 1.82) is 0 Å².